The molecule has 0 bridgehead atoms. The molecule has 0 amide bonds. The van der Waals surface area contributed by atoms with E-state index in [1.54, 1.807) is 18.5 Å². The Kier molecular flexibility index (Phi) is 14.3. The van der Waals surface area contributed by atoms with Crippen molar-refractivity contribution in [2.24, 2.45) is 0 Å². The molecule has 0 saturated heterocycles. The van der Waals surface area contributed by atoms with Gasteiger partial charge in [-0.05, 0) is 26.2 Å². The molecule has 0 aromatic heterocycles. The van der Waals surface area contributed by atoms with Gasteiger partial charge in [-0.2, -0.15) is 0 Å². The third kappa shape index (κ3) is 10.9. The summed E-state index contributed by atoms with van der Waals surface area (Å²) in [6, 6.07) is 12.0. The smallest absolute Gasteiger partial charge is 0.0594 e. The summed E-state index contributed by atoms with van der Waals surface area (Å²) in [6.07, 6.45) is 14.9. The van der Waals surface area contributed by atoms with Gasteiger partial charge in [-0.25, -0.2) is 0 Å². The van der Waals surface area contributed by atoms with Gasteiger partial charge in [0, 0.05) is 7.26 Å². The zero-order valence-electron chi connectivity index (χ0n) is 15.0. The lowest BCUT2D eigenvalue weighted by Crippen LogP contribution is -2.11. The minimum atomic E-state index is -0.527. The highest BCUT2D eigenvalue weighted by Crippen LogP contribution is 2.60. The van der Waals surface area contributed by atoms with E-state index in [9.17, 15) is 0 Å². The largest absolute Gasteiger partial charge is 0.0652 e. The molecular weight excluding hydrogens is 271 g/mol. The lowest BCUT2D eigenvalue weighted by Gasteiger charge is -2.26. The third-order valence-electron chi connectivity index (χ3n) is 4.30. The molecule has 122 valence electrons. The fraction of sp³-hybridized carbons (Fsp3) is 0.700. The zero-order chi connectivity index (χ0) is 15.8. The van der Waals surface area contributed by atoms with Crippen LogP contribution in [0, 0.1) is 0 Å². The molecule has 0 N–H and O–H groups in total. The predicted octanol–water partition coefficient (Wildman–Crippen LogP) is 7.11. The molecule has 0 fully saturated rings. The van der Waals surface area contributed by atoms with Crippen LogP contribution >= 0.6 is 7.26 Å². The first-order valence-corrected chi connectivity index (χ1v) is 11.6. The van der Waals surface area contributed by atoms with Crippen molar-refractivity contribution in [3.8, 4) is 0 Å². The van der Waals surface area contributed by atoms with Crippen molar-refractivity contribution in [3.05, 3.63) is 36.4 Å². The van der Waals surface area contributed by atoms with Gasteiger partial charge in [-0.1, -0.05) is 76.4 Å². The molecule has 0 atom stereocenters. The summed E-state index contributed by atoms with van der Waals surface area (Å²) >= 11 is 0. The van der Waals surface area contributed by atoms with E-state index in [4.69, 9.17) is 0 Å². The van der Waals surface area contributed by atoms with Crippen LogP contribution in [0.3, 0.4) is 0 Å². The van der Waals surface area contributed by atoms with Gasteiger partial charge < -0.3 is 0 Å². The fourth-order valence-corrected chi connectivity index (χ4v) is 7.26. The van der Waals surface area contributed by atoms with Gasteiger partial charge in [0.05, 0.1) is 24.6 Å². The first-order chi connectivity index (χ1) is 10.2. The second kappa shape index (κ2) is 14.6. The number of unbranched alkanes of at least 4 members (excludes halogenated alkanes) is 3. The summed E-state index contributed by atoms with van der Waals surface area (Å²) in [7, 11) is -0.527. The van der Waals surface area contributed by atoms with Crippen LogP contribution in [0.5, 0.6) is 0 Å². The molecule has 1 rings (SSSR count). The van der Waals surface area contributed by atoms with Crippen molar-refractivity contribution in [2.75, 3.05) is 24.6 Å². The minimum Gasteiger partial charge on any atom is -0.0652 e. The quantitative estimate of drug-likeness (QED) is 0.404. The van der Waals surface area contributed by atoms with Crippen LogP contribution in [-0.4, -0.2) is 24.6 Å². The zero-order valence-corrected chi connectivity index (χ0v) is 15.9. The summed E-state index contributed by atoms with van der Waals surface area (Å²) in [4.78, 5) is 0. The topological polar surface area (TPSA) is 0 Å². The van der Waals surface area contributed by atoms with Crippen LogP contribution in [0.1, 0.15) is 66.2 Å². The Labute approximate surface area is 135 Å². The van der Waals surface area contributed by atoms with E-state index in [2.05, 4.69) is 27.7 Å². The number of benzene rings is 1. The molecule has 0 aliphatic rings. The minimum absolute atomic E-state index is 0.527. The predicted molar refractivity (Wildman–Crippen MR) is 103 cm³/mol. The van der Waals surface area contributed by atoms with Crippen LogP contribution in [0.4, 0.5) is 0 Å². The van der Waals surface area contributed by atoms with E-state index in [-0.39, 0.29) is 0 Å². The maximum atomic E-state index is 2.45. The monoisotopic (exact) mass is 309 g/mol. The molecule has 0 spiro atoms. The van der Waals surface area contributed by atoms with Gasteiger partial charge in [0.25, 0.3) is 0 Å². The Balaban J connectivity index is 0.000000547. The summed E-state index contributed by atoms with van der Waals surface area (Å²) < 4.78 is 0. The summed E-state index contributed by atoms with van der Waals surface area (Å²) in [5.74, 6) is 0. The van der Waals surface area contributed by atoms with Crippen molar-refractivity contribution in [3.63, 3.8) is 0 Å². The molecule has 21 heavy (non-hydrogen) atoms. The van der Waals surface area contributed by atoms with E-state index in [1.165, 1.54) is 44.7 Å². The third-order valence-corrected chi connectivity index (χ3v) is 9.43. The molecule has 0 unspecified atom stereocenters. The normalized spacial score (nSPS) is 10.9. The molecule has 0 radical (unpaired) electrons. The number of rotatable bonds is 10. The summed E-state index contributed by atoms with van der Waals surface area (Å²) in [5.41, 5.74) is 0. The Morgan fingerprint density at radius 3 is 1.00 bits per heavy atom. The SMILES string of the molecule is CCCC[P+](CC)(CCCC)CCCC.c1ccccc1. The van der Waals surface area contributed by atoms with Gasteiger partial charge in [0.15, 0.2) is 0 Å². The van der Waals surface area contributed by atoms with Gasteiger partial charge in [-0.15, -0.1) is 0 Å². The van der Waals surface area contributed by atoms with E-state index in [0.29, 0.717) is 0 Å². The van der Waals surface area contributed by atoms with Gasteiger partial charge >= 0.3 is 0 Å². The standard InChI is InChI=1S/C14H32P.C6H6/c1-5-9-12-15(8-4,13-10-6-2)14-11-7-3;1-2-4-6-5-3-1/h5-14H2,1-4H3;1-6H/q+1;. The molecule has 0 heterocycles. The van der Waals surface area contributed by atoms with Gasteiger partial charge in [-0.3, -0.25) is 0 Å². The molecular formula is C20H38P+. The van der Waals surface area contributed by atoms with Crippen LogP contribution in [-0.2, 0) is 0 Å². The lowest BCUT2D eigenvalue weighted by atomic mass is 10.4. The molecule has 0 saturated carbocycles. The average molecular weight is 309 g/mol. The second-order valence-electron chi connectivity index (χ2n) is 6.04. The Morgan fingerprint density at radius 1 is 0.524 bits per heavy atom. The van der Waals surface area contributed by atoms with Crippen LogP contribution < -0.4 is 0 Å². The van der Waals surface area contributed by atoms with E-state index in [1.807, 2.05) is 36.4 Å². The van der Waals surface area contributed by atoms with E-state index >= 15 is 0 Å². The second-order valence-corrected chi connectivity index (χ2v) is 10.7. The molecule has 1 aromatic rings. The van der Waals surface area contributed by atoms with Crippen molar-refractivity contribution in [1.29, 1.82) is 0 Å². The maximum Gasteiger partial charge on any atom is 0.0594 e. The van der Waals surface area contributed by atoms with E-state index < -0.39 is 7.26 Å². The molecule has 0 aliphatic carbocycles. The molecule has 0 nitrogen and oxygen atoms in total. The van der Waals surface area contributed by atoms with Crippen LogP contribution in [0.25, 0.3) is 0 Å². The summed E-state index contributed by atoms with van der Waals surface area (Å²) in [5, 5.41) is 0. The molecule has 1 heteroatoms. The number of hydrogen-bond acceptors (Lipinski definition) is 0. The highest BCUT2D eigenvalue weighted by molar-refractivity contribution is 7.75. The number of hydrogen-bond donors (Lipinski definition) is 0. The average Bonchev–Trinajstić information content (AvgIpc) is 2.57. The van der Waals surface area contributed by atoms with Crippen molar-refractivity contribution < 1.29 is 0 Å². The van der Waals surface area contributed by atoms with Crippen molar-refractivity contribution in [1.82, 2.24) is 0 Å². The first-order valence-electron chi connectivity index (χ1n) is 9.09. The van der Waals surface area contributed by atoms with Gasteiger partial charge in [0.1, 0.15) is 0 Å². The Hall–Kier alpha value is -0.350. The summed E-state index contributed by atoms with van der Waals surface area (Å²) in [6.45, 7) is 9.46. The fourth-order valence-electron chi connectivity index (χ4n) is 2.68. The molecule has 1 aromatic carbocycles. The Bertz CT molecular complexity index is 245. The highest BCUT2D eigenvalue weighted by Gasteiger charge is 2.32. The van der Waals surface area contributed by atoms with Gasteiger partial charge in [0.2, 0.25) is 0 Å². The molecule has 0 aliphatic heterocycles. The first kappa shape index (κ1) is 20.6. The lowest BCUT2D eigenvalue weighted by molar-refractivity contribution is 0.834. The van der Waals surface area contributed by atoms with Crippen LogP contribution in [0.2, 0.25) is 0 Å². The Morgan fingerprint density at radius 2 is 0.810 bits per heavy atom. The highest BCUT2D eigenvalue weighted by atomic mass is 31.2. The van der Waals surface area contributed by atoms with Crippen LogP contribution in [0.15, 0.2) is 36.4 Å². The van der Waals surface area contributed by atoms with E-state index in [0.717, 1.165) is 0 Å². The van der Waals surface area contributed by atoms with Crippen molar-refractivity contribution >= 4 is 7.26 Å². The maximum absolute atomic E-state index is 2.45. The van der Waals surface area contributed by atoms with Crippen molar-refractivity contribution in [2.45, 2.75) is 66.2 Å².